The van der Waals surface area contributed by atoms with Gasteiger partial charge in [-0.05, 0) is 40.4 Å². The van der Waals surface area contributed by atoms with Crippen molar-refractivity contribution in [1.29, 1.82) is 0 Å². The number of fused-ring (bicyclic) bond motifs is 1. The Morgan fingerprint density at radius 1 is 1.50 bits per heavy atom. The van der Waals surface area contributed by atoms with Crippen molar-refractivity contribution in [3.8, 4) is 0 Å². The third-order valence-corrected chi connectivity index (χ3v) is 3.27. The molecule has 0 atom stereocenters. The van der Waals surface area contributed by atoms with Gasteiger partial charge in [0.1, 0.15) is 5.82 Å². The molecular formula is C13H12BrFO3. The standard InChI is InChI=1S/C13H12BrFO3/c1-6(2)5-7-10-9(15)4-3-8(14)12(10)18-11(7)13(16)17/h3-4,6H,5H2,1-2H3,(H,16,17). The molecule has 0 aliphatic heterocycles. The molecule has 1 N–H and O–H groups in total. The molecular weight excluding hydrogens is 303 g/mol. The van der Waals surface area contributed by atoms with E-state index >= 15 is 0 Å². The number of benzene rings is 1. The van der Waals surface area contributed by atoms with Crippen molar-refractivity contribution in [2.24, 2.45) is 5.92 Å². The monoisotopic (exact) mass is 314 g/mol. The highest BCUT2D eigenvalue weighted by molar-refractivity contribution is 9.10. The van der Waals surface area contributed by atoms with Crippen LogP contribution >= 0.6 is 15.9 Å². The number of hydrogen-bond acceptors (Lipinski definition) is 2. The molecule has 0 amide bonds. The molecule has 0 spiro atoms. The zero-order chi connectivity index (χ0) is 13.4. The summed E-state index contributed by atoms with van der Waals surface area (Å²) in [5.74, 6) is -1.60. The normalized spacial score (nSPS) is 11.4. The van der Waals surface area contributed by atoms with E-state index in [1.165, 1.54) is 12.1 Å². The molecule has 1 heterocycles. The zero-order valence-corrected chi connectivity index (χ0v) is 11.5. The van der Waals surface area contributed by atoms with Crippen LogP contribution in [0.3, 0.4) is 0 Å². The van der Waals surface area contributed by atoms with Gasteiger partial charge in [0.25, 0.3) is 0 Å². The molecule has 1 aromatic heterocycles. The van der Waals surface area contributed by atoms with E-state index in [1.807, 2.05) is 13.8 Å². The second kappa shape index (κ2) is 4.72. The Balaban J connectivity index is 2.80. The minimum atomic E-state index is -1.17. The molecule has 0 bridgehead atoms. The molecule has 0 radical (unpaired) electrons. The first-order valence-corrected chi connectivity index (χ1v) is 6.33. The summed E-state index contributed by atoms with van der Waals surface area (Å²) in [7, 11) is 0. The molecule has 2 rings (SSSR count). The highest BCUT2D eigenvalue weighted by atomic mass is 79.9. The van der Waals surface area contributed by atoms with Gasteiger partial charge in [0.2, 0.25) is 5.76 Å². The highest BCUT2D eigenvalue weighted by Gasteiger charge is 2.24. The second-order valence-electron chi connectivity index (χ2n) is 4.55. The number of halogens is 2. The largest absolute Gasteiger partial charge is 0.475 e. The molecule has 0 saturated carbocycles. The first-order chi connectivity index (χ1) is 8.41. The lowest BCUT2D eigenvalue weighted by Crippen LogP contribution is -2.02. The summed E-state index contributed by atoms with van der Waals surface area (Å²) in [5.41, 5.74) is 0.675. The van der Waals surface area contributed by atoms with Crippen LogP contribution < -0.4 is 0 Å². The fourth-order valence-electron chi connectivity index (χ4n) is 1.97. The summed E-state index contributed by atoms with van der Waals surface area (Å²) in [5, 5.41) is 9.39. The van der Waals surface area contributed by atoms with Crippen LogP contribution in [0.4, 0.5) is 4.39 Å². The fourth-order valence-corrected chi connectivity index (χ4v) is 2.38. The van der Waals surface area contributed by atoms with Crippen LogP contribution in [-0.2, 0) is 6.42 Å². The molecule has 0 aliphatic carbocycles. The van der Waals surface area contributed by atoms with E-state index in [-0.39, 0.29) is 22.6 Å². The topological polar surface area (TPSA) is 50.4 Å². The van der Waals surface area contributed by atoms with E-state index in [0.717, 1.165) is 0 Å². The van der Waals surface area contributed by atoms with Gasteiger partial charge < -0.3 is 9.52 Å². The number of rotatable bonds is 3. The quantitative estimate of drug-likeness (QED) is 0.922. The van der Waals surface area contributed by atoms with Gasteiger partial charge in [0.15, 0.2) is 5.58 Å². The van der Waals surface area contributed by atoms with Crippen LogP contribution in [0.2, 0.25) is 0 Å². The molecule has 3 nitrogen and oxygen atoms in total. The average molecular weight is 315 g/mol. The van der Waals surface area contributed by atoms with Gasteiger partial charge in [-0.15, -0.1) is 0 Å². The van der Waals surface area contributed by atoms with E-state index in [2.05, 4.69) is 15.9 Å². The number of furan rings is 1. The first-order valence-electron chi connectivity index (χ1n) is 5.54. The Morgan fingerprint density at radius 3 is 2.72 bits per heavy atom. The van der Waals surface area contributed by atoms with Crippen molar-refractivity contribution in [2.75, 3.05) is 0 Å². The maximum atomic E-state index is 13.9. The summed E-state index contributed by atoms with van der Waals surface area (Å²) in [6.45, 7) is 3.89. The maximum absolute atomic E-state index is 13.9. The third kappa shape index (κ3) is 2.14. The second-order valence-corrected chi connectivity index (χ2v) is 5.40. The van der Waals surface area contributed by atoms with E-state index in [4.69, 9.17) is 9.52 Å². The summed E-state index contributed by atoms with van der Waals surface area (Å²) in [6.07, 6.45) is 0.460. The molecule has 2 aromatic rings. The van der Waals surface area contributed by atoms with Gasteiger partial charge in [-0.1, -0.05) is 13.8 Å². The highest BCUT2D eigenvalue weighted by Crippen LogP contribution is 2.34. The summed E-state index contributed by atoms with van der Waals surface area (Å²) < 4.78 is 19.7. The molecule has 0 unspecified atom stereocenters. The predicted octanol–water partition coefficient (Wildman–Crippen LogP) is 4.23. The first kappa shape index (κ1) is 13.1. The molecule has 96 valence electrons. The number of hydrogen-bond donors (Lipinski definition) is 1. The number of carboxylic acids is 1. The smallest absolute Gasteiger partial charge is 0.372 e. The number of carboxylic acid groups (broad SMARTS) is 1. The van der Waals surface area contributed by atoms with Crippen LogP contribution in [0.15, 0.2) is 21.0 Å². The Kier molecular flexibility index (Phi) is 3.43. The van der Waals surface area contributed by atoms with Crippen molar-refractivity contribution in [3.05, 3.63) is 33.7 Å². The lowest BCUT2D eigenvalue weighted by atomic mass is 9.99. The lowest BCUT2D eigenvalue weighted by Gasteiger charge is -2.04. The molecule has 0 fully saturated rings. The summed E-state index contributed by atoms with van der Waals surface area (Å²) >= 11 is 3.24. The van der Waals surface area contributed by atoms with Crippen LogP contribution in [0, 0.1) is 11.7 Å². The molecule has 5 heteroatoms. The average Bonchev–Trinajstić information content (AvgIpc) is 2.63. The van der Waals surface area contributed by atoms with Crippen molar-refractivity contribution >= 4 is 32.9 Å². The van der Waals surface area contributed by atoms with Crippen LogP contribution in [-0.4, -0.2) is 11.1 Å². The SMILES string of the molecule is CC(C)Cc1c(C(=O)O)oc2c(Br)ccc(F)c12. The van der Waals surface area contributed by atoms with Gasteiger partial charge >= 0.3 is 5.97 Å². The van der Waals surface area contributed by atoms with Crippen LogP contribution in [0.5, 0.6) is 0 Å². The van der Waals surface area contributed by atoms with Crippen molar-refractivity contribution < 1.29 is 18.7 Å². The van der Waals surface area contributed by atoms with E-state index in [1.54, 1.807) is 0 Å². The van der Waals surface area contributed by atoms with Crippen LogP contribution in [0.1, 0.15) is 30.0 Å². The molecule has 18 heavy (non-hydrogen) atoms. The Labute approximate surface area is 112 Å². The van der Waals surface area contributed by atoms with E-state index in [9.17, 15) is 9.18 Å². The number of carbonyl (C=O) groups is 1. The summed E-state index contributed by atoms with van der Waals surface area (Å²) in [4.78, 5) is 11.2. The minimum absolute atomic E-state index is 0.176. The Hall–Kier alpha value is -1.36. The molecule has 0 saturated heterocycles. The van der Waals surface area contributed by atoms with Gasteiger partial charge in [-0.3, -0.25) is 0 Å². The third-order valence-electron chi connectivity index (χ3n) is 2.65. The molecule has 0 aliphatic rings. The van der Waals surface area contributed by atoms with E-state index < -0.39 is 11.8 Å². The van der Waals surface area contributed by atoms with Gasteiger partial charge in [0, 0.05) is 5.56 Å². The van der Waals surface area contributed by atoms with E-state index in [0.29, 0.717) is 16.5 Å². The fraction of sp³-hybridized carbons (Fsp3) is 0.308. The Bertz CT molecular complexity index is 616. The maximum Gasteiger partial charge on any atom is 0.372 e. The van der Waals surface area contributed by atoms with Gasteiger partial charge in [0.05, 0.1) is 9.86 Å². The zero-order valence-electron chi connectivity index (χ0n) is 9.96. The predicted molar refractivity (Wildman–Crippen MR) is 69.4 cm³/mol. The van der Waals surface area contributed by atoms with Crippen molar-refractivity contribution in [3.63, 3.8) is 0 Å². The van der Waals surface area contributed by atoms with Gasteiger partial charge in [-0.25, -0.2) is 9.18 Å². The lowest BCUT2D eigenvalue weighted by molar-refractivity contribution is 0.0663. The van der Waals surface area contributed by atoms with Crippen LogP contribution in [0.25, 0.3) is 11.0 Å². The minimum Gasteiger partial charge on any atom is -0.475 e. The van der Waals surface area contributed by atoms with Gasteiger partial charge in [-0.2, -0.15) is 0 Å². The summed E-state index contributed by atoms with van der Waals surface area (Å²) in [6, 6.07) is 2.81. The van der Waals surface area contributed by atoms with Crippen molar-refractivity contribution in [2.45, 2.75) is 20.3 Å². The number of aromatic carboxylic acids is 1. The molecule has 1 aromatic carbocycles. The van der Waals surface area contributed by atoms with Crippen molar-refractivity contribution in [1.82, 2.24) is 0 Å². The Morgan fingerprint density at radius 2 is 2.17 bits per heavy atom.